The van der Waals surface area contributed by atoms with Crippen LogP contribution >= 0.6 is 0 Å². The molecule has 0 atom stereocenters. The van der Waals surface area contributed by atoms with E-state index in [1.807, 2.05) is 30.3 Å². The molecule has 0 saturated carbocycles. The van der Waals surface area contributed by atoms with Crippen LogP contribution in [-0.4, -0.2) is 23.2 Å². The highest BCUT2D eigenvalue weighted by molar-refractivity contribution is 5.81. The number of fused-ring (bicyclic) bond motifs is 1. The number of hydrogen-bond acceptors (Lipinski definition) is 5. The molecule has 2 aromatic heterocycles. The summed E-state index contributed by atoms with van der Waals surface area (Å²) in [4.78, 5) is 4.50. The van der Waals surface area contributed by atoms with Crippen LogP contribution in [0.2, 0.25) is 0 Å². The van der Waals surface area contributed by atoms with Crippen LogP contribution in [0, 0.1) is 0 Å². The van der Waals surface area contributed by atoms with E-state index in [0.29, 0.717) is 17.6 Å². The van der Waals surface area contributed by atoms with Crippen LogP contribution in [0.5, 0.6) is 0 Å². The molecule has 1 N–H and O–H groups in total. The van der Waals surface area contributed by atoms with Gasteiger partial charge in [-0.1, -0.05) is 23.4 Å². The number of para-hydroxylation sites is 1. The average molecular weight is 269 g/mol. The Morgan fingerprint density at radius 2 is 2.00 bits per heavy atom. The minimum Gasteiger partial charge on any atom is -0.451 e. The molecule has 102 valence electrons. The summed E-state index contributed by atoms with van der Waals surface area (Å²) in [5.41, 5.74) is 0.837. The second-order valence-corrected chi connectivity index (χ2v) is 5.13. The van der Waals surface area contributed by atoms with Gasteiger partial charge in [-0.3, -0.25) is 0 Å². The molecule has 1 aliphatic rings. The van der Waals surface area contributed by atoms with E-state index in [2.05, 4.69) is 15.5 Å². The monoisotopic (exact) mass is 269 g/mol. The molecule has 4 rings (SSSR count). The Labute approximate surface area is 116 Å². The van der Waals surface area contributed by atoms with Crippen molar-refractivity contribution < 1.29 is 8.94 Å². The Balaban J connectivity index is 1.66. The zero-order valence-corrected chi connectivity index (χ0v) is 11.0. The fraction of sp³-hybridized carbons (Fsp3) is 0.333. The first-order chi connectivity index (χ1) is 9.90. The van der Waals surface area contributed by atoms with Crippen LogP contribution in [0.3, 0.4) is 0 Å². The van der Waals surface area contributed by atoms with E-state index in [0.717, 1.165) is 42.7 Å². The van der Waals surface area contributed by atoms with Gasteiger partial charge in [0.15, 0.2) is 11.6 Å². The van der Waals surface area contributed by atoms with Crippen molar-refractivity contribution in [2.24, 2.45) is 0 Å². The SMILES string of the molecule is c1ccc2oc(-c3nc(C4CCNCC4)no3)cc2c1. The Bertz CT molecular complexity index is 692. The molecule has 1 saturated heterocycles. The van der Waals surface area contributed by atoms with Crippen molar-refractivity contribution >= 4 is 11.0 Å². The summed E-state index contributed by atoms with van der Waals surface area (Å²) < 4.78 is 11.1. The molecule has 0 aliphatic carbocycles. The highest BCUT2D eigenvalue weighted by Crippen LogP contribution is 2.29. The molecular weight excluding hydrogens is 254 g/mol. The van der Waals surface area contributed by atoms with E-state index in [9.17, 15) is 0 Å². The summed E-state index contributed by atoms with van der Waals surface area (Å²) in [6, 6.07) is 9.81. The molecule has 5 heteroatoms. The van der Waals surface area contributed by atoms with Crippen LogP contribution in [-0.2, 0) is 0 Å². The van der Waals surface area contributed by atoms with Crippen molar-refractivity contribution in [3.8, 4) is 11.7 Å². The van der Waals surface area contributed by atoms with Crippen LogP contribution in [0.1, 0.15) is 24.6 Å². The second kappa shape index (κ2) is 4.76. The molecule has 0 amide bonds. The lowest BCUT2D eigenvalue weighted by Gasteiger charge is -2.18. The highest BCUT2D eigenvalue weighted by Gasteiger charge is 2.22. The summed E-state index contributed by atoms with van der Waals surface area (Å²) >= 11 is 0. The number of furan rings is 1. The van der Waals surface area contributed by atoms with Crippen LogP contribution < -0.4 is 5.32 Å². The van der Waals surface area contributed by atoms with E-state index in [1.165, 1.54) is 0 Å². The Kier molecular flexibility index (Phi) is 2.77. The van der Waals surface area contributed by atoms with Crippen LogP contribution in [0.25, 0.3) is 22.6 Å². The zero-order chi connectivity index (χ0) is 13.4. The quantitative estimate of drug-likeness (QED) is 0.775. The van der Waals surface area contributed by atoms with Gasteiger partial charge in [0.05, 0.1) is 0 Å². The van der Waals surface area contributed by atoms with Crippen molar-refractivity contribution in [3.63, 3.8) is 0 Å². The molecule has 1 aromatic carbocycles. The molecule has 0 spiro atoms. The van der Waals surface area contributed by atoms with E-state index in [1.54, 1.807) is 0 Å². The predicted octanol–water partition coefficient (Wildman–Crippen LogP) is 2.95. The molecule has 0 radical (unpaired) electrons. The van der Waals surface area contributed by atoms with Gasteiger partial charge in [-0.05, 0) is 38.1 Å². The fourth-order valence-electron chi connectivity index (χ4n) is 2.67. The number of benzene rings is 1. The maximum atomic E-state index is 5.75. The number of nitrogens with zero attached hydrogens (tertiary/aromatic N) is 2. The van der Waals surface area contributed by atoms with Gasteiger partial charge >= 0.3 is 0 Å². The minimum atomic E-state index is 0.387. The molecule has 3 aromatic rings. The number of piperidine rings is 1. The number of aromatic nitrogens is 2. The van der Waals surface area contributed by atoms with E-state index in [4.69, 9.17) is 8.94 Å². The molecule has 1 fully saturated rings. The van der Waals surface area contributed by atoms with E-state index in [-0.39, 0.29) is 0 Å². The summed E-state index contributed by atoms with van der Waals surface area (Å²) in [6.45, 7) is 2.03. The highest BCUT2D eigenvalue weighted by atomic mass is 16.5. The molecular formula is C15H15N3O2. The molecule has 20 heavy (non-hydrogen) atoms. The lowest BCUT2D eigenvalue weighted by Crippen LogP contribution is -2.27. The van der Waals surface area contributed by atoms with Gasteiger partial charge in [0.2, 0.25) is 0 Å². The van der Waals surface area contributed by atoms with E-state index < -0.39 is 0 Å². The molecule has 1 aliphatic heterocycles. The largest absolute Gasteiger partial charge is 0.451 e. The first kappa shape index (κ1) is 11.7. The first-order valence-corrected chi connectivity index (χ1v) is 6.93. The summed E-state index contributed by atoms with van der Waals surface area (Å²) in [5.74, 6) is 2.29. The molecule has 0 bridgehead atoms. The van der Waals surface area contributed by atoms with Gasteiger partial charge in [0.25, 0.3) is 5.89 Å². The predicted molar refractivity (Wildman–Crippen MR) is 74.4 cm³/mol. The summed E-state index contributed by atoms with van der Waals surface area (Å²) in [6.07, 6.45) is 2.11. The van der Waals surface area contributed by atoms with E-state index >= 15 is 0 Å². The van der Waals surface area contributed by atoms with Gasteiger partial charge < -0.3 is 14.3 Å². The molecule has 5 nitrogen and oxygen atoms in total. The lowest BCUT2D eigenvalue weighted by molar-refractivity contribution is 0.387. The van der Waals surface area contributed by atoms with Crippen molar-refractivity contribution in [2.45, 2.75) is 18.8 Å². The molecule has 3 heterocycles. The summed E-state index contributed by atoms with van der Waals surface area (Å²) in [7, 11) is 0. The normalized spacial score (nSPS) is 16.8. The van der Waals surface area contributed by atoms with Gasteiger partial charge in [0, 0.05) is 11.3 Å². The maximum absolute atomic E-state index is 5.75. The third-order valence-electron chi connectivity index (χ3n) is 3.78. The van der Waals surface area contributed by atoms with Crippen LogP contribution in [0.4, 0.5) is 0 Å². The van der Waals surface area contributed by atoms with Crippen molar-refractivity contribution in [1.82, 2.24) is 15.5 Å². The van der Waals surface area contributed by atoms with Crippen molar-refractivity contribution in [3.05, 3.63) is 36.2 Å². The Hall–Kier alpha value is -2.14. The maximum Gasteiger partial charge on any atom is 0.293 e. The van der Waals surface area contributed by atoms with Crippen LogP contribution in [0.15, 0.2) is 39.3 Å². The third kappa shape index (κ3) is 2.00. The lowest BCUT2D eigenvalue weighted by atomic mass is 9.98. The zero-order valence-electron chi connectivity index (χ0n) is 11.0. The third-order valence-corrected chi connectivity index (χ3v) is 3.78. The summed E-state index contributed by atoms with van der Waals surface area (Å²) in [5, 5.41) is 8.49. The Morgan fingerprint density at radius 3 is 2.85 bits per heavy atom. The number of hydrogen-bond donors (Lipinski definition) is 1. The second-order valence-electron chi connectivity index (χ2n) is 5.13. The minimum absolute atomic E-state index is 0.387. The molecule has 0 unspecified atom stereocenters. The van der Waals surface area contributed by atoms with Gasteiger partial charge in [0.1, 0.15) is 5.58 Å². The van der Waals surface area contributed by atoms with Gasteiger partial charge in [-0.2, -0.15) is 4.98 Å². The Morgan fingerprint density at radius 1 is 1.15 bits per heavy atom. The smallest absolute Gasteiger partial charge is 0.293 e. The van der Waals surface area contributed by atoms with Gasteiger partial charge in [-0.25, -0.2) is 0 Å². The topological polar surface area (TPSA) is 64.1 Å². The fourth-order valence-corrected chi connectivity index (χ4v) is 2.67. The van der Waals surface area contributed by atoms with Crippen molar-refractivity contribution in [1.29, 1.82) is 0 Å². The number of nitrogens with one attached hydrogen (secondary N) is 1. The average Bonchev–Trinajstić information content (AvgIpc) is 3.14. The first-order valence-electron chi connectivity index (χ1n) is 6.93. The van der Waals surface area contributed by atoms with Gasteiger partial charge in [-0.15, -0.1) is 0 Å². The van der Waals surface area contributed by atoms with Crippen molar-refractivity contribution in [2.75, 3.05) is 13.1 Å². The standard InChI is InChI=1S/C15H15N3O2/c1-2-4-12-11(3-1)9-13(19-12)15-17-14(18-20-15)10-5-7-16-8-6-10/h1-4,9-10,16H,5-8H2. The number of rotatable bonds is 2.